The lowest BCUT2D eigenvalue weighted by Crippen LogP contribution is -2.42. The van der Waals surface area contributed by atoms with Crippen molar-refractivity contribution in [2.75, 3.05) is 33.8 Å². The maximum atomic E-state index is 13.4. The van der Waals surface area contributed by atoms with Gasteiger partial charge < -0.3 is 19.1 Å². The lowest BCUT2D eigenvalue weighted by molar-refractivity contribution is -0.137. The molecule has 0 saturated carbocycles. The molecule has 2 aliphatic rings. The first kappa shape index (κ1) is 16.9. The number of likely N-dealkylation sites (tertiary alicyclic amines) is 2. The number of aryl methyl sites for hydroxylation is 1. The van der Waals surface area contributed by atoms with E-state index in [1.807, 2.05) is 48.7 Å². The number of carbonyl (C=O) groups is 2. The minimum atomic E-state index is -0.0532. The van der Waals surface area contributed by atoms with Crippen LogP contribution in [0.3, 0.4) is 0 Å². The van der Waals surface area contributed by atoms with Crippen molar-refractivity contribution < 1.29 is 14.3 Å². The molecular weight excluding hydrogens is 330 g/mol. The van der Waals surface area contributed by atoms with Crippen LogP contribution in [-0.2, 0) is 11.8 Å². The molecule has 138 valence electrons. The van der Waals surface area contributed by atoms with Gasteiger partial charge in [0.15, 0.2) is 0 Å². The van der Waals surface area contributed by atoms with Crippen molar-refractivity contribution in [2.45, 2.75) is 13.3 Å². The molecule has 0 aliphatic carbocycles. The molecule has 2 atom stereocenters. The van der Waals surface area contributed by atoms with E-state index in [0.29, 0.717) is 13.1 Å². The molecule has 6 nitrogen and oxygen atoms in total. The minimum Gasteiger partial charge on any atom is -0.497 e. The summed E-state index contributed by atoms with van der Waals surface area (Å²) in [6, 6.07) is 5.83. The van der Waals surface area contributed by atoms with Gasteiger partial charge in [-0.1, -0.05) is 0 Å². The molecule has 0 N–H and O–H groups in total. The first-order valence-corrected chi connectivity index (χ1v) is 9.09. The van der Waals surface area contributed by atoms with Crippen molar-refractivity contribution in [1.82, 2.24) is 14.4 Å². The van der Waals surface area contributed by atoms with Gasteiger partial charge >= 0.3 is 0 Å². The molecule has 2 aromatic rings. The largest absolute Gasteiger partial charge is 0.497 e. The lowest BCUT2D eigenvalue weighted by atomic mass is 9.88. The van der Waals surface area contributed by atoms with Crippen LogP contribution in [0.25, 0.3) is 10.9 Å². The maximum Gasteiger partial charge on any atom is 0.256 e. The Morgan fingerprint density at radius 1 is 1.23 bits per heavy atom. The summed E-state index contributed by atoms with van der Waals surface area (Å²) in [5.74, 6) is 1.16. The van der Waals surface area contributed by atoms with Crippen LogP contribution in [0.4, 0.5) is 0 Å². The summed E-state index contributed by atoms with van der Waals surface area (Å²) in [6.07, 6.45) is 0.971. The fourth-order valence-electron chi connectivity index (χ4n) is 4.47. The van der Waals surface area contributed by atoms with E-state index >= 15 is 0 Å². The molecule has 2 unspecified atom stereocenters. The third-order valence-electron chi connectivity index (χ3n) is 6.17. The number of aromatic nitrogens is 1. The zero-order valence-corrected chi connectivity index (χ0v) is 15.8. The number of hydrogen-bond donors (Lipinski definition) is 0. The molecule has 0 spiro atoms. The third kappa shape index (κ3) is 2.39. The molecule has 1 aromatic carbocycles. The van der Waals surface area contributed by atoms with Crippen LogP contribution in [0.1, 0.15) is 22.5 Å². The predicted molar refractivity (Wildman–Crippen MR) is 99.3 cm³/mol. The summed E-state index contributed by atoms with van der Waals surface area (Å²) in [7, 11) is 5.46. The van der Waals surface area contributed by atoms with Crippen molar-refractivity contribution in [1.29, 1.82) is 0 Å². The predicted octanol–water partition coefficient (Wildman–Crippen LogP) is 2.05. The van der Waals surface area contributed by atoms with Gasteiger partial charge in [-0.3, -0.25) is 9.59 Å². The van der Waals surface area contributed by atoms with Gasteiger partial charge in [0.25, 0.3) is 5.91 Å². The summed E-state index contributed by atoms with van der Waals surface area (Å²) in [4.78, 5) is 29.5. The van der Waals surface area contributed by atoms with Crippen LogP contribution in [0.2, 0.25) is 0 Å². The Morgan fingerprint density at radius 2 is 2.00 bits per heavy atom. The summed E-state index contributed by atoms with van der Waals surface area (Å²) in [6.45, 7) is 3.95. The number of nitrogens with zero attached hydrogens (tertiary/aromatic N) is 3. The highest BCUT2D eigenvalue weighted by molar-refractivity contribution is 6.09. The van der Waals surface area contributed by atoms with Crippen molar-refractivity contribution in [3.63, 3.8) is 0 Å². The highest BCUT2D eigenvalue weighted by Gasteiger charge is 2.43. The molecule has 0 bridgehead atoms. The second kappa shape index (κ2) is 6.04. The molecule has 26 heavy (non-hydrogen) atoms. The van der Waals surface area contributed by atoms with Crippen LogP contribution >= 0.6 is 0 Å². The molecule has 4 rings (SSSR count). The van der Waals surface area contributed by atoms with Gasteiger partial charge in [-0.25, -0.2) is 0 Å². The number of ether oxygens (including phenoxy) is 1. The van der Waals surface area contributed by atoms with E-state index in [4.69, 9.17) is 4.74 Å². The van der Waals surface area contributed by atoms with Gasteiger partial charge in [0, 0.05) is 50.3 Å². The number of hydrogen-bond acceptors (Lipinski definition) is 3. The zero-order chi connectivity index (χ0) is 18.6. The Bertz CT molecular complexity index is 901. The van der Waals surface area contributed by atoms with Gasteiger partial charge in [0.1, 0.15) is 5.75 Å². The number of rotatable bonds is 2. The lowest BCUT2D eigenvalue weighted by Gasteiger charge is -2.30. The Balaban J connectivity index is 1.71. The SMILES string of the molecule is COc1ccc2c(c1)c(C(=O)N1CC3CCN(C)C(=O)C3C1)c(C)n2C. The van der Waals surface area contributed by atoms with Crippen LogP contribution < -0.4 is 4.74 Å². The Hall–Kier alpha value is -2.50. The van der Waals surface area contributed by atoms with Gasteiger partial charge in [-0.15, -0.1) is 0 Å². The Kier molecular flexibility index (Phi) is 3.93. The second-order valence-corrected chi connectivity index (χ2v) is 7.53. The van der Waals surface area contributed by atoms with Crippen LogP contribution in [0.15, 0.2) is 18.2 Å². The molecular formula is C20H25N3O3. The van der Waals surface area contributed by atoms with Crippen LogP contribution in [0, 0.1) is 18.8 Å². The van der Waals surface area contributed by atoms with E-state index in [1.165, 1.54) is 0 Å². The molecule has 6 heteroatoms. The zero-order valence-electron chi connectivity index (χ0n) is 15.8. The molecule has 2 fully saturated rings. The molecule has 2 amide bonds. The topological polar surface area (TPSA) is 54.8 Å². The second-order valence-electron chi connectivity index (χ2n) is 7.53. The number of fused-ring (bicyclic) bond motifs is 2. The van der Waals surface area contributed by atoms with Gasteiger partial charge in [0.05, 0.1) is 18.6 Å². The molecule has 0 radical (unpaired) electrons. The summed E-state index contributed by atoms with van der Waals surface area (Å²) in [5.41, 5.74) is 2.68. The summed E-state index contributed by atoms with van der Waals surface area (Å²) >= 11 is 0. The van der Waals surface area contributed by atoms with E-state index in [2.05, 4.69) is 0 Å². The smallest absolute Gasteiger partial charge is 0.256 e. The maximum absolute atomic E-state index is 13.4. The van der Waals surface area contributed by atoms with Gasteiger partial charge in [-0.05, 0) is 37.5 Å². The van der Waals surface area contributed by atoms with E-state index in [0.717, 1.165) is 40.9 Å². The highest BCUT2D eigenvalue weighted by Crippen LogP contribution is 2.35. The Morgan fingerprint density at radius 3 is 2.73 bits per heavy atom. The third-order valence-corrected chi connectivity index (χ3v) is 6.17. The quantitative estimate of drug-likeness (QED) is 0.828. The summed E-state index contributed by atoms with van der Waals surface area (Å²) in [5, 5.41) is 0.910. The van der Waals surface area contributed by atoms with Gasteiger partial charge in [0.2, 0.25) is 5.91 Å². The number of methoxy groups -OCH3 is 1. The van der Waals surface area contributed by atoms with E-state index < -0.39 is 0 Å². The average Bonchev–Trinajstić information content (AvgIpc) is 3.18. The van der Waals surface area contributed by atoms with E-state index in [-0.39, 0.29) is 23.7 Å². The van der Waals surface area contributed by atoms with E-state index in [9.17, 15) is 9.59 Å². The first-order chi connectivity index (χ1) is 12.4. The first-order valence-electron chi connectivity index (χ1n) is 9.09. The molecule has 3 heterocycles. The number of piperidine rings is 1. The normalized spacial score (nSPS) is 22.8. The molecule has 2 aliphatic heterocycles. The van der Waals surface area contributed by atoms with Crippen molar-refractivity contribution in [3.8, 4) is 5.75 Å². The van der Waals surface area contributed by atoms with Crippen LogP contribution in [0.5, 0.6) is 5.75 Å². The molecule has 2 saturated heterocycles. The number of benzene rings is 1. The fraction of sp³-hybridized carbons (Fsp3) is 0.500. The van der Waals surface area contributed by atoms with Crippen molar-refractivity contribution in [3.05, 3.63) is 29.5 Å². The Labute approximate surface area is 153 Å². The van der Waals surface area contributed by atoms with E-state index in [1.54, 1.807) is 12.0 Å². The summed E-state index contributed by atoms with van der Waals surface area (Å²) < 4.78 is 7.40. The standard InChI is InChI=1S/C20H25N3O3/c1-12-18(15-9-14(26-4)5-6-17(15)22(12)3)20(25)23-10-13-7-8-21(2)19(24)16(13)11-23/h5-6,9,13,16H,7-8,10-11H2,1-4H3. The van der Waals surface area contributed by atoms with Crippen molar-refractivity contribution >= 4 is 22.7 Å². The minimum absolute atomic E-state index is 0.0196. The van der Waals surface area contributed by atoms with Crippen molar-refractivity contribution in [2.24, 2.45) is 18.9 Å². The fourth-order valence-corrected chi connectivity index (χ4v) is 4.47. The monoisotopic (exact) mass is 355 g/mol. The van der Waals surface area contributed by atoms with Gasteiger partial charge in [-0.2, -0.15) is 0 Å². The number of amides is 2. The highest BCUT2D eigenvalue weighted by atomic mass is 16.5. The van der Waals surface area contributed by atoms with Crippen LogP contribution in [-0.4, -0.2) is 60.0 Å². The number of carbonyl (C=O) groups excluding carboxylic acids is 2. The molecule has 1 aromatic heterocycles. The average molecular weight is 355 g/mol.